The van der Waals surface area contributed by atoms with Crippen LogP contribution < -0.4 is 0 Å². The summed E-state index contributed by atoms with van der Waals surface area (Å²) in [5.74, 6) is 0.259. The zero-order valence-corrected chi connectivity index (χ0v) is 31.1. The van der Waals surface area contributed by atoms with E-state index in [1.807, 2.05) is 0 Å². The van der Waals surface area contributed by atoms with Crippen molar-refractivity contribution in [1.82, 2.24) is 0 Å². The molecule has 1 unspecified atom stereocenters. The molecule has 0 aliphatic heterocycles. The summed E-state index contributed by atoms with van der Waals surface area (Å²) < 4.78 is 5.85. The summed E-state index contributed by atoms with van der Waals surface area (Å²) in [7, 11) is 0. The van der Waals surface area contributed by atoms with Crippen LogP contribution in [-0.2, 0) is 9.53 Å². The first-order chi connectivity index (χ1) is 21.8. The van der Waals surface area contributed by atoms with Crippen LogP contribution in [-0.4, -0.2) is 12.6 Å². The van der Waals surface area contributed by atoms with E-state index in [9.17, 15) is 4.79 Å². The summed E-state index contributed by atoms with van der Waals surface area (Å²) in [4.78, 5) is 13.0. The van der Waals surface area contributed by atoms with E-state index >= 15 is 0 Å². The van der Waals surface area contributed by atoms with E-state index in [-0.39, 0.29) is 11.9 Å². The highest BCUT2D eigenvalue weighted by Gasteiger charge is 2.19. The molecule has 44 heavy (non-hydrogen) atoms. The lowest BCUT2D eigenvalue weighted by atomic mass is 9.94. The van der Waals surface area contributed by atoms with Gasteiger partial charge in [-0.25, -0.2) is 0 Å². The number of esters is 1. The van der Waals surface area contributed by atoms with Crippen LogP contribution in [0.5, 0.6) is 0 Å². The highest BCUT2D eigenvalue weighted by Crippen LogP contribution is 2.22. The van der Waals surface area contributed by atoms with Gasteiger partial charge in [0.25, 0.3) is 0 Å². The van der Waals surface area contributed by atoms with Crippen molar-refractivity contribution in [2.24, 2.45) is 5.92 Å². The van der Waals surface area contributed by atoms with Gasteiger partial charge in [-0.2, -0.15) is 0 Å². The molecule has 0 aromatic rings. The molecule has 0 fully saturated rings. The van der Waals surface area contributed by atoms with Gasteiger partial charge in [0.15, 0.2) is 0 Å². The number of unbranched alkanes of at least 4 members (excludes halogenated alkanes) is 31. The van der Waals surface area contributed by atoms with Crippen LogP contribution in [0, 0.1) is 5.92 Å². The fourth-order valence-corrected chi connectivity index (χ4v) is 6.72. The second-order valence-corrected chi connectivity index (χ2v) is 14.4. The van der Waals surface area contributed by atoms with E-state index in [2.05, 4.69) is 20.8 Å². The quantitative estimate of drug-likeness (QED) is 0.0507. The summed E-state index contributed by atoms with van der Waals surface area (Å²) in [6.07, 6.45) is 48.4. The second kappa shape index (κ2) is 38.7. The van der Waals surface area contributed by atoms with Crippen LogP contribution in [0.15, 0.2) is 0 Å². The average Bonchev–Trinajstić information content (AvgIpc) is 3.03. The Kier molecular flexibility index (Phi) is 38.2. The molecule has 0 bridgehead atoms. The molecule has 0 aliphatic rings. The van der Waals surface area contributed by atoms with Crippen LogP contribution in [0.3, 0.4) is 0 Å². The Morgan fingerprint density at radius 1 is 0.341 bits per heavy atom. The topological polar surface area (TPSA) is 26.3 Å². The van der Waals surface area contributed by atoms with E-state index in [1.54, 1.807) is 0 Å². The Hall–Kier alpha value is -0.530. The van der Waals surface area contributed by atoms with Crippen molar-refractivity contribution >= 4 is 5.97 Å². The largest absolute Gasteiger partial charge is 0.465 e. The molecule has 2 nitrogen and oxygen atoms in total. The number of rotatable bonds is 38. The standard InChI is InChI=1S/C42H84O2/c1-4-7-10-13-16-19-21-22-23-24-25-26-28-31-34-37-40-44-42(43)41(38-35-32-29-18-15-12-9-6-3)39-36-33-30-27-20-17-14-11-8-5-2/h41H,4-40H2,1-3H3. The van der Waals surface area contributed by atoms with Crippen LogP contribution >= 0.6 is 0 Å². The van der Waals surface area contributed by atoms with E-state index in [0.717, 1.165) is 19.3 Å². The Morgan fingerprint density at radius 3 is 0.841 bits per heavy atom. The van der Waals surface area contributed by atoms with E-state index in [0.29, 0.717) is 6.61 Å². The Labute approximate surface area is 279 Å². The molecule has 0 aromatic heterocycles. The molecule has 0 aliphatic carbocycles. The highest BCUT2D eigenvalue weighted by atomic mass is 16.5. The average molecular weight is 621 g/mol. The van der Waals surface area contributed by atoms with Crippen molar-refractivity contribution in [2.45, 2.75) is 252 Å². The number of carbonyl (C=O) groups is 1. The Bertz CT molecular complexity index is 530. The zero-order chi connectivity index (χ0) is 32.0. The lowest BCUT2D eigenvalue weighted by Gasteiger charge is -2.16. The van der Waals surface area contributed by atoms with Gasteiger partial charge < -0.3 is 4.74 Å². The van der Waals surface area contributed by atoms with Crippen molar-refractivity contribution in [3.63, 3.8) is 0 Å². The number of hydrogen-bond acceptors (Lipinski definition) is 2. The third kappa shape index (κ3) is 34.3. The summed E-state index contributed by atoms with van der Waals surface area (Å²) in [6.45, 7) is 7.52. The molecule has 0 aromatic carbocycles. The smallest absolute Gasteiger partial charge is 0.308 e. The van der Waals surface area contributed by atoms with Crippen molar-refractivity contribution in [3.8, 4) is 0 Å². The summed E-state index contributed by atoms with van der Waals surface area (Å²) in [6, 6.07) is 0. The first kappa shape index (κ1) is 43.5. The highest BCUT2D eigenvalue weighted by molar-refractivity contribution is 5.72. The van der Waals surface area contributed by atoms with Gasteiger partial charge in [-0.3, -0.25) is 4.79 Å². The molecular weight excluding hydrogens is 536 g/mol. The van der Waals surface area contributed by atoms with Gasteiger partial charge in [0.2, 0.25) is 0 Å². The summed E-state index contributed by atoms with van der Waals surface area (Å²) in [5, 5.41) is 0. The third-order valence-electron chi connectivity index (χ3n) is 9.89. The monoisotopic (exact) mass is 621 g/mol. The van der Waals surface area contributed by atoms with E-state index < -0.39 is 0 Å². The maximum Gasteiger partial charge on any atom is 0.308 e. The zero-order valence-electron chi connectivity index (χ0n) is 31.1. The SMILES string of the molecule is CCCCCCCCCCCCCCCCCCOC(=O)C(CCCCCCCCCC)CCCCCCCCCCCC. The predicted octanol–water partition coefficient (Wildman–Crippen LogP) is 15.2. The second-order valence-electron chi connectivity index (χ2n) is 14.4. The van der Waals surface area contributed by atoms with Gasteiger partial charge in [0, 0.05) is 0 Å². The Morgan fingerprint density at radius 2 is 0.568 bits per heavy atom. The molecular formula is C42H84O2. The van der Waals surface area contributed by atoms with Crippen molar-refractivity contribution in [2.75, 3.05) is 6.61 Å². The van der Waals surface area contributed by atoms with Crippen molar-refractivity contribution < 1.29 is 9.53 Å². The summed E-state index contributed by atoms with van der Waals surface area (Å²) >= 11 is 0. The molecule has 0 rings (SSSR count). The molecule has 0 amide bonds. The lowest BCUT2D eigenvalue weighted by Crippen LogP contribution is -2.18. The first-order valence-corrected chi connectivity index (χ1v) is 20.9. The molecule has 0 radical (unpaired) electrons. The van der Waals surface area contributed by atoms with E-state index in [4.69, 9.17) is 4.74 Å². The van der Waals surface area contributed by atoms with Gasteiger partial charge in [-0.1, -0.05) is 233 Å². The number of hydrogen-bond donors (Lipinski definition) is 0. The van der Waals surface area contributed by atoms with E-state index in [1.165, 1.54) is 212 Å². The molecule has 2 heteroatoms. The van der Waals surface area contributed by atoms with Gasteiger partial charge in [-0.15, -0.1) is 0 Å². The normalized spacial score (nSPS) is 12.2. The molecule has 0 spiro atoms. The Balaban J connectivity index is 3.91. The van der Waals surface area contributed by atoms with Crippen molar-refractivity contribution in [1.29, 1.82) is 0 Å². The van der Waals surface area contributed by atoms with Crippen molar-refractivity contribution in [3.05, 3.63) is 0 Å². The van der Waals surface area contributed by atoms with Gasteiger partial charge in [-0.05, 0) is 19.3 Å². The molecule has 0 N–H and O–H groups in total. The maximum atomic E-state index is 13.0. The minimum absolute atomic E-state index is 0.116. The minimum Gasteiger partial charge on any atom is -0.465 e. The van der Waals surface area contributed by atoms with Crippen LogP contribution in [0.4, 0.5) is 0 Å². The molecule has 1 atom stereocenters. The van der Waals surface area contributed by atoms with Gasteiger partial charge >= 0.3 is 5.97 Å². The van der Waals surface area contributed by atoms with Gasteiger partial charge in [0.1, 0.15) is 0 Å². The molecule has 264 valence electrons. The van der Waals surface area contributed by atoms with Gasteiger partial charge in [0.05, 0.1) is 12.5 Å². The fraction of sp³-hybridized carbons (Fsp3) is 0.976. The fourth-order valence-electron chi connectivity index (χ4n) is 6.72. The van der Waals surface area contributed by atoms with Crippen LogP contribution in [0.2, 0.25) is 0 Å². The maximum absolute atomic E-state index is 13.0. The third-order valence-corrected chi connectivity index (χ3v) is 9.89. The first-order valence-electron chi connectivity index (χ1n) is 20.9. The molecule has 0 saturated carbocycles. The number of ether oxygens (including phenoxy) is 1. The summed E-state index contributed by atoms with van der Waals surface area (Å²) in [5.41, 5.74) is 0. The van der Waals surface area contributed by atoms with Crippen LogP contribution in [0.1, 0.15) is 252 Å². The number of carbonyl (C=O) groups excluding carboxylic acids is 1. The van der Waals surface area contributed by atoms with Crippen LogP contribution in [0.25, 0.3) is 0 Å². The minimum atomic E-state index is 0.116. The molecule has 0 saturated heterocycles. The lowest BCUT2D eigenvalue weighted by molar-refractivity contribution is -0.149. The molecule has 0 heterocycles. The predicted molar refractivity (Wildman–Crippen MR) is 198 cm³/mol.